The molecule has 0 spiro atoms. The Morgan fingerprint density at radius 1 is 1.50 bits per heavy atom. The Bertz CT molecular complexity index is 340. The number of nitrogens with one attached hydrogen (secondary N) is 1. The maximum Gasteiger partial charge on any atom is 0.245 e. The molecule has 1 N–H and O–H groups in total. The summed E-state index contributed by atoms with van der Waals surface area (Å²) in [6.45, 7) is 7.31. The van der Waals surface area contributed by atoms with Crippen molar-refractivity contribution in [2.24, 2.45) is 5.92 Å². The van der Waals surface area contributed by atoms with Crippen molar-refractivity contribution in [2.75, 3.05) is 24.5 Å². The minimum atomic E-state index is 0.501. The van der Waals surface area contributed by atoms with Crippen LogP contribution in [0.2, 0.25) is 0 Å². The van der Waals surface area contributed by atoms with Gasteiger partial charge in [0, 0.05) is 25.7 Å². The average molecular weight is 286 g/mol. The lowest BCUT2D eigenvalue weighted by Gasteiger charge is -2.35. The number of rotatable bonds is 2. The molecule has 0 aromatic carbocycles. The molecule has 1 aromatic heterocycles. The van der Waals surface area contributed by atoms with Crippen LogP contribution in [0.5, 0.6) is 0 Å². The van der Waals surface area contributed by atoms with E-state index in [2.05, 4.69) is 55.2 Å². The Hall–Kier alpha value is -0.750. The van der Waals surface area contributed by atoms with Gasteiger partial charge < -0.3 is 10.2 Å². The maximum absolute atomic E-state index is 4.27. The van der Waals surface area contributed by atoms with Crippen molar-refractivity contribution in [3.63, 3.8) is 0 Å². The first-order chi connectivity index (χ1) is 7.66. The molecule has 0 radical (unpaired) electrons. The molecular weight excluding hydrogens is 270 g/mol. The second-order valence-corrected chi connectivity index (χ2v) is 5.14. The lowest BCUT2D eigenvalue weighted by atomic mass is 10.0. The van der Waals surface area contributed by atoms with E-state index in [1.807, 2.05) is 0 Å². The third-order valence-electron chi connectivity index (χ3n) is 2.81. The monoisotopic (exact) mass is 285 g/mol. The van der Waals surface area contributed by atoms with Crippen LogP contribution < -0.4 is 10.2 Å². The molecule has 0 bridgehead atoms. The third-order valence-corrected chi connectivity index (χ3v) is 3.18. The highest BCUT2D eigenvalue weighted by Gasteiger charge is 2.23. The number of aromatic nitrogens is 3. The highest BCUT2D eigenvalue weighted by Crippen LogP contribution is 2.13. The van der Waals surface area contributed by atoms with E-state index >= 15 is 0 Å². The van der Waals surface area contributed by atoms with Gasteiger partial charge in [-0.15, -0.1) is 10.2 Å². The van der Waals surface area contributed by atoms with Gasteiger partial charge in [0.15, 0.2) is 0 Å². The zero-order valence-electron chi connectivity index (χ0n) is 9.52. The van der Waals surface area contributed by atoms with Gasteiger partial charge in [-0.2, -0.15) is 0 Å². The summed E-state index contributed by atoms with van der Waals surface area (Å²) in [5, 5.41) is 11.6. The summed E-state index contributed by atoms with van der Waals surface area (Å²) in [5.74, 6) is 1.33. The molecule has 1 aliphatic rings. The number of hydrogen-bond acceptors (Lipinski definition) is 5. The Labute approximate surface area is 104 Å². The number of nitrogens with zero attached hydrogens (tertiary/aromatic N) is 4. The summed E-state index contributed by atoms with van der Waals surface area (Å²) in [5.41, 5.74) is 0. The van der Waals surface area contributed by atoms with Crippen molar-refractivity contribution in [1.82, 2.24) is 20.5 Å². The molecule has 2 rings (SSSR count). The normalized spacial score (nSPS) is 21.5. The molecule has 0 unspecified atom stereocenters. The lowest BCUT2D eigenvalue weighted by molar-refractivity contribution is 0.365. The summed E-state index contributed by atoms with van der Waals surface area (Å²) < 4.78 is 0.673. The van der Waals surface area contributed by atoms with Crippen molar-refractivity contribution < 1.29 is 0 Å². The van der Waals surface area contributed by atoms with Crippen LogP contribution in [0.4, 0.5) is 5.95 Å². The Kier molecular flexibility index (Phi) is 3.70. The van der Waals surface area contributed by atoms with Gasteiger partial charge in [-0.05, 0) is 21.8 Å². The fourth-order valence-corrected chi connectivity index (χ4v) is 1.99. The zero-order chi connectivity index (χ0) is 11.5. The molecular formula is C10H16BrN5. The minimum absolute atomic E-state index is 0.501. The van der Waals surface area contributed by atoms with Crippen molar-refractivity contribution >= 4 is 21.9 Å². The van der Waals surface area contributed by atoms with Gasteiger partial charge in [-0.1, -0.05) is 13.8 Å². The summed E-state index contributed by atoms with van der Waals surface area (Å²) in [6.07, 6.45) is 1.69. The second kappa shape index (κ2) is 5.05. The van der Waals surface area contributed by atoms with Crippen molar-refractivity contribution in [3.8, 4) is 0 Å². The molecule has 2 heterocycles. The van der Waals surface area contributed by atoms with Crippen molar-refractivity contribution in [3.05, 3.63) is 10.8 Å². The standard InChI is InChI=1S/C10H16BrN5/c1-7(2)8-6-16(4-3-12-8)10-13-5-9(11)14-15-10/h5,7-8,12H,3-4,6H2,1-2H3/t8-/m1/s1. The van der Waals surface area contributed by atoms with Gasteiger partial charge >= 0.3 is 0 Å². The van der Waals surface area contributed by atoms with Crippen molar-refractivity contribution in [1.29, 1.82) is 0 Å². The first-order valence-electron chi connectivity index (χ1n) is 5.50. The highest BCUT2D eigenvalue weighted by molar-refractivity contribution is 9.10. The predicted molar refractivity (Wildman–Crippen MR) is 66.4 cm³/mol. The van der Waals surface area contributed by atoms with Crippen LogP contribution in [0.25, 0.3) is 0 Å². The van der Waals surface area contributed by atoms with Gasteiger partial charge in [0.25, 0.3) is 0 Å². The number of hydrogen-bond donors (Lipinski definition) is 1. The fraction of sp³-hybridized carbons (Fsp3) is 0.700. The van der Waals surface area contributed by atoms with E-state index in [1.165, 1.54) is 0 Å². The topological polar surface area (TPSA) is 53.9 Å². The molecule has 88 valence electrons. The summed E-state index contributed by atoms with van der Waals surface area (Å²) in [6, 6.07) is 0.501. The Morgan fingerprint density at radius 3 is 2.94 bits per heavy atom. The molecule has 6 heteroatoms. The van der Waals surface area contributed by atoms with Crippen LogP contribution in [-0.4, -0.2) is 40.9 Å². The van der Waals surface area contributed by atoms with Gasteiger partial charge in [-0.25, -0.2) is 4.98 Å². The average Bonchev–Trinajstić information content (AvgIpc) is 2.30. The molecule has 1 aliphatic heterocycles. The third kappa shape index (κ3) is 2.68. The molecule has 1 saturated heterocycles. The van der Waals surface area contributed by atoms with E-state index in [1.54, 1.807) is 6.20 Å². The molecule has 0 amide bonds. The van der Waals surface area contributed by atoms with Gasteiger partial charge in [0.1, 0.15) is 4.60 Å². The van der Waals surface area contributed by atoms with Crippen LogP contribution in [0, 0.1) is 5.92 Å². The largest absolute Gasteiger partial charge is 0.337 e. The van der Waals surface area contributed by atoms with Crippen LogP contribution >= 0.6 is 15.9 Å². The molecule has 1 aromatic rings. The molecule has 16 heavy (non-hydrogen) atoms. The highest BCUT2D eigenvalue weighted by atomic mass is 79.9. The number of piperazine rings is 1. The fourth-order valence-electron chi connectivity index (χ4n) is 1.81. The Morgan fingerprint density at radius 2 is 2.31 bits per heavy atom. The van der Waals surface area contributed by atoms with E-state index in [4.69, 9.17) is 0 Å². The van der Waals surface area contributed by atoms with Crippen molar-refractivity contribution in [2.45, 2.75) is 19.9 Å². The summed E-state index contributed by atoms with van der Waals surface area (Å²) in [4.78, 5) is 6.45. The molecule has 1 fully saturated rings. The van der Waals surface area contributed by atoms with E-state index in [-0.39, 0.29) is 0 Å². The van der Waals surface area contributed by atoms with E-state index in [9.17, 15) is 0 Å². The summed E-state index contributed by atoms with van der Waals surface area (Å²) >= 11 is 3.24. The zero-order valence-corrected chi connectivity index (χ0v) is 11.1. The van der Waals surface area contributed by atoms with Crippen LogP contribution in [0.15, 0.2) is 10.8 Å². The quantitative estimate of drug-likeness (QED) is 0.881. The number of halogens is 1. The number of anilines is 1. The van der Waals surface area contributed by atoms with E-state index in [0.717, 1.165) is 25.6 Å². The van der Waals surface area contributed by atoms with Gasteiger partial charge in [0.2, 0.25) is 5.95 Å². The smallest absolute Gasteiger partial charge is 0.245 e. The second-order valence-electron chi connectivity index (χ2n) is 4.33. The lowest BCUT2D eigenvalue weighted by Crippen LogP contribution is -2.53. The van der Waals surface area contributed by atoms with Crippen LogP contribution in [-0.2, 0) is 0 Å². The van der Waals surface area contributed by atoms with Crippen LogP contribution in [0.3, 0.4) is 0 Å². The summed E-state index contributed by atoms with van der Waals surface area (Å²) in [7, 11) is 0. The minimum Gasteiger partial charge on any atom is -0.337 e. The maximum atomic E-state index is 4.27. The Balaban J connectivity index is 2.06. The SMILES string of the molecule is CC(C)[C@H]1CN(c2ncc(Br)nn2)CCN1. The first kappa shape index (κ1) is 11.7. The first-order valence-corrected chi connectivity index (χ1v) is 6.29. The van der Waals surface area contributed by atoms with Gasteiger partial charge in [-0.3, -0.25) is 0 Å². The van der Waals surface area contributed by atoms with E-state index < -0.39 is 0 Å². The van der Waals surface area contributed by atoms with Gasteiger partial charge in [0.05, 0.1) is 6.20 Å². The molecule has 1 atom stereocenters. The predicted octanol–water partition coefficient (Wildman–Crippen LogP) is 1.07. The molecule has 0 saturated carbocycles. The molecule has 0 aliphatic carbocycles. The van der Waals surface area contributed by atoms with E-state index in [0.29, 0.717) is 16.6 Å². The molecule has 5 nitrogen and oxygen atoms in total. The van der Waals surface area contributed by atoms with Crippen LogP contribution in [0.1, 0.15) is 13.8 Å².